The highest BCUT2D eigenvalue weighted by atomic mass is 16.1. The molecule has 0 atom stereocenters. The van der Waals surface area contributed by atoms with Gasteiger partial charge in [-0.2, -0.15) is 0 Å². The average Bonchev–Trinajstić information content (AvgIpc) is 2.91. The molecule has 0 N–H and O–H groups in total. The zero-order valence-electron chi connectivity index (χ0n) is 11.0. The van der Waals surface area contributed by atoms with Crippen LogP contribution in [0.25, 0.3) is 16.8 Å². The summed E-state index contributed by atoms with van der Waals surface area (Å²) in [4.78, 5) is 16.8. The molecule has 0 saturated heterocycles. The Balaban J connectivity index is 1.90. The van der Waals surface area contributed by atoms with E-state index in [1.165, 1.54) is 4.68 Å². The maximum atomic E-state index is 12.5. The van der Waals surface area contributed by atoms with Gasteiger partial charge in [0.1, 0.15) is 5.65 Å². The molecular formula is C15H11N5O. The third-order valence-electron chi connectivity index (χ3n) is 3.36. The Kier molecular flexibility index (Phi) is 2.53. The van der Waals surface area contributed by atoms with E-state index in [2.05, 4.69) is 15.3 Å². The van der Waals surface area contributed by atoms with Gasteiger partial charge in [-0.25, -0.2) is 9.67 Å². The van der Waals surface area contributed by atoms with Gasteiger partial charge in [-0.15, -0.1) is 5.10 Å². The molecule has 0 aliphatic heterocycles. The third-order valence-corrected chi connectivity index (χ3v) is 3.36. The van der Waals surface area contributed by atoms with Crippen LogP contribution in [-0.4, -0.2) is 24.4 Å². The minimum atomic E-state index is -0.229. The molecule has 1 aromatic carbocycles. The topological polar surface area (TPSA) is 65.1 Å². The SMILES string of the molecule is O=c1c2nc3ccccn3c2nnn1Cc1ccccc1. The minimum absolute atomic E-state index is 0.229. The molecule has 4 aromatic rings. The monoisotopic (exact) mass is 277 g/mol. The van der Waals surface area contributed by atoms with Crippen LogP contribution < -0.4 is 5.56 Å². The standard InChI is InChI=1S/C15H11N5O/c21-15-13-14(19-9-5-4-8-12(19)16-13)17-18-20(15)10-11-6-2-1-3-7-11/h1-9H,10H2. The van der Waals surface area contributed by atoms with Crippen LogP contribution in [-0.2, 0) is 6.54 Å². The maximum absolute atomic E-state index is 12.5. The summed E-state index contributed by atoms with van der Waals surface area (Å²) in [6.45, 7) is 0.385. The molecule has 0 bridgehead atoms. The number of hydrogen-bond acceptors (Lipinski definition) is 4. The highest BCUT2D eigenvalue weighted by Gasteiger charge is 2.12. The van der Waals surface area contributed by atoms with E-state index in [0.29, 0.717) is 23.4 Å². The van der Waals surface area contributed by atoms with Gasteiger partial charge in [0, 0.05) is 6.20 Å². The van der Waals surface area contributed by atoms with E-state index in [-0.39, 0.29) is 5.56 Å². The van der Waals surface area contributed by atoms with Crippen LogP contribution in [0.5, 0.6) is 0 Å². The van der Waals surface area contributed by atoms with Crippen LogP contribution in [0.1, 0.15) is 5.56 Å². The van der Waals surface area contributed by atoms with E-state index in [1.807, 2.05) is 54.7 Å². The summed E-state index contributed by atoms with van der Waals surface area (Å²) in [5.74, 6) is 0. The second-order valence-corrected chi connectivity index (χ2v) is 4.75. The summed E-state index contributed by atoms with van der Waals surface area (Å²) in [5.41, 5.74) is 2.29. The Morgan fingerprint density at radius 2 is 1.81 bits per heavy atom. The van der Waals surface area contributed by atoms with Crippen molar-refractivity contribution < 1.29 is 0 Å². The van der Waals surface area contributed by atoms with Crippen molar-refractivity contribution in [3.05, 3.63) is 70.6 Å². The van der Waals surface area contributed by atoms with Crippen LogP contribution in [0, 0.1) is 0 Å². The molecule has 0 amide bonds. The van der Waals surface area contributed by atoms with Crippen LogP contribution in [0.3, 0.4) is 0 Å². The van der Waals surface area contributed by atoms with Crippen molar-refractivity contribution in [3.8, 4) is 0 Å². The Morgan fingerprint density at radius 1 is 1.00 bits per heavy atom. The summed E-state index contributed by atoms with van der Waals surface area (Å²) >= 11 is 0. The van der Waals surface area contributed by atoms with E-state index < -0.39 is 0 Å². The summed E-state index contributed by atoms with van der Waals surface area (Å²) < 4.78 is 3.10. The van der Waals surface area contributed by atoms with E-state index in [1.54, 1.807) is 4.40 Å². The molecule has 6 heteroatoms. The molecule has 0 fully saturated rings. The fourth-order valence-corrected chi connectivity index (χ4v) is 2.34. The van der Waals surface area contributed by atoms with Crippen molar-refractivity contribution in [2.45, 2.75) is 6.54 Å². The van der Waals surface area contributed by atoms with Gasteiger partial charge in [0.15, 0.2) is 11.2 Å². The number of nitrogens with zero attached hydrogens (tertiary/aromatic N) is 5. The highest BCUT2D eigenvalue weighted by Crippen LogP contribution is 2.09. The lowest BCUT2D eigenvalue weighted by atomic mass is 10.2. The van der Waals surface area contributed by atoms with Crippen LogP contribution >= 0.6 is 0 Å². The second-order valence-electron chi connectivity index (χ2n) is 4.75. The number of benzene rings is 1. The van der Waals surface area contributed by atoms with Gasteiger partial charge in [-0.1, -0.05) is 41.6 Å². The molecule has 0 radical (unpaired) electrons. The van der Waals surface area contributed by atoms with Crippen molar-refractivity contribution in [2.24, 2.45) is 0 Å². The molecule has 102 valence electrons. The fraction of sp³-hybridized carbons (Fsp3) is 0.0667. The van der Waals surface area contributed by atoms with Gasteiger partial charge >= 0.3 is 0 Å². The van der Waals surface area contributed by atoms with Crippen LogP contribution in [0.2, 0.25) is 0 Å². The molecule has 0 saturated carbocycles. The molecule has 4 rings (SSSR count). The zero-order chi connectivity index (χ0) is 14.2. The molecule has 21 heavy (non-hydrogen) atoms. The largest absolute Gasteiger partial charge is 0.298 e. The highest BCUT2D eigenvalue weighted by molar-refractivity contribution is 5.74. The zero-order valence-corrected chi connectivity index (χ0v) is 11.0. The van der Waals surface area contributed by atoms with Gasteiger partial charge in [0.05, 0.1) is 6.54 Å². The quantitative estimate of drug-likeness (QED) is 0.557. The molecule has 0 spiro atoms. The van der Waals surface area contributed by atoms with Gasteiger partial charge in [-0.3, -0.25) is 9.20 Å². The van der Waals surface area contributed by atoms with E-state index in [4.69, 9.17) is 0 Å². The predicted molar refractivity (Wildman–Crippen MR) is 78.1 cm³/mol. The maximum Gasteiger partial charge on any atom is 0.298 e. The average molecular weight is 277 g/mol. The summed E-state index contributed by atoms with van der Waals surface area (Å²) in [6, 6.07) is 15.3. The van der Waals surface area contributed by atoms with Gasteiger partial charge in [-0.05, 0) is 17.7 Å². The van der Waals surface area contributed by atoms with Gasteiger partial charge in [0.25, 0.3) is 5.56 Å². The number of fused-ring (bicyclic) bond motifs is 3. The molecule has 0 aliphatic carbocycles. The molecule has 0 unspecified atom stereocenters. The molecular weight excluding hydrogens is 266 g/mol. The van der Waals surface area contributed by atoms with E-state index >= 15 is 0 Å². The van der Waals surface area contributed by atoms with Crippen molar-refractivity contribution in [1.29, 1.82) is 0 Å². The minimum Gasteiger partial charge on any atom is -0.282 e. The number of aromatic nitrogens is 5. The van der Waals surface area contributed by atoms with Gasteiger partial charge < -0.3 is 0 Å². The second kappa shape index (κ2) is 4.52. The lowest BCUT2D eigenvalue weighted by Gasteiger charge is -2.02. The Bertz CT molecular complexity index is 987. The Morgan fingerprint density at radius 3 is 2.67 bits per heavy atom. The first-order valence-electron chi connectivity index (χ1n) is 6.57. The van der Waals surface area contributed by atoms with Crippen LogP contribution in [0.15, 0.2) is 59.5 Å². The number of hydrogen-bond donors (Lipinski definition) is 0. The molecule has 3 aromatic heterocycles. The molecule has 3 heterocycles. The number of pyridine rings is 1. The predicted octanol–water partition coefficient (Wildman–Crippen LogP) is 1.49. The van der Waals surface area contributed by atoms with E-state index in [0.717, 1.165) is 5.56 Å². The molecule has 6 nitrogen and oxygen atoms in total. The Labute approximate surface area is 119 Å². The third kappa shape index (κ3) is 1.88. The lowest BCUT2D eigenvalue weighted by Crippen LogP contribution is -2.25. The lowest BCUT2D eigenvalue weighted by molar-refractivity contribution is 0.598. The van der Waals surface area contributed by atoms with E-state index in [9.17, 15) is 4.79 Å². The van der Waals surface area contributed by atoms with Crippen molar-refractivity contribution in [2.75, 3.05) is 0 Å². The summed E-state index contributed by atoms with van der Waals surface area (Å²) in [5, 5.41) is 8.16. The number of imidazole rings is 1. The first-order valence-corrected chi connectivity index (χ1v) is 6.57. The van der Waals surface area contributed by atoms with Crippen molar-refractivity contribution in [3.63, 3.8) is 0 Å². The first kappa shape index (κ1) is 11.8. The van der Waals surface area contributed by atoms with Crippen LogP contribution in [0.4, 0.5) is 0 Å². The molecule has 0 aliphatic rings. The fourth-order valence-electron chi connectivity index (χ4n) is 2.34. The van der Waals surface area contributed by atoms with Crippen molar-refractivity contribution in [1.82, 2.24) is 24.4 Å². The Hall–Kier alpha value is -3.02. The summed E-state index contributed by atoms with van der Waals surface area (Å²) in [6.07, 6.45) is 1.82. The first-order chi connectivity index (χ1) is 10.3. The van der Waals surface area contributed by atoms with Gasteiger partial charge in [0.2, 0.25) is 0 Å². The normalized spacial score (nSPS) is 11.2. The van der Waals surface area contributed by atoms with Crippen molar-refractivity contribution >= 4 is 16.8 Å². The smallest absolute Gasteiger partial charge is 0.282 e. The number of rotatable bonds is 2. The summed E-state index contributed by atoms with van der Waals surface area (Å²) in [7, 11) is 0.